The van der Waals surface area contributed by atoms with E-state index in [-0.39, 0.29) is 30.4 Å². The molecule has 0 spiro atoms. The minimum atomic E-state index is -0.235. The Kier molecular flexibility index (Phi) is 7.71. The van der Waals surface area contributed by atoms with Crippen LogP contribution >= 0.6 is 11.6 Å². The molecule has 3 aliphatic rings. The molecule has 1 fully saturated rings. The van der Waals surface area contributed by atoms with Gasteiger partial charge in [-0.25, -0.2) is 0 Å². The van der Waals surface area contributed by atoms with Gasteiger partial charge in [0.25, 0.3) is 5.91 Å². The predicted molar refractivity (Wildman–Crippen MR) is 132 cm³/mol. The molecule has 1 aromatic carbocycles. The number of hydrogen-bond donors (Lipinski definition) is 2. The number of fused-ring (bicyclic) bond motifs is 1. The summed E-state index contributed by atoms with van der Waals surface area (Å²) < 4.78 is 6.37. The number of ketones is 1. The Hall–Kier alpha value is -2.37. The van der Waals surface area contributed by atoms with Gasteiger partial charge in [0.2, 0.25) is 0 Å². The number of halogens is 1. The van der Waals surface area contributed by atoms with Crippen molar-refractivity contribution in [3.63, 3.8) is 0 Å². The number of hydrogen-bond acceptors (Lipinski definition) is 4. The van der Waals surface area contributed by atoms with E-state index in [1.807, 2.05) is 13.0 Å². The average Bonchev–Trinajstić information content (AvgIpc) is 2.78. The summed E-state index contributed by atoms with van der Waals surface area (Å²) >= 11 is 6.42. The third-order valence-corrected chi connectivity index (χ3v) is 6.96. The van der Waals surface area contributed by atoms with Crippen molar-refractivity contribution in [2.24, 2.45) is 5.73 Å². The minimum absolute atomic E-state index is 0.0755. The Labute approximate surface area is 201 Å². The number of benzene rings is 1. The van der Waals surface area contributed by atoms with Crippen LogP contribution in [0.25, 0.3) is 0 Å². The maximum atomic E-state index is 13.3. The molecule has 0 aromatic heterocycles. The van der Waals surface area contributed by atoms with Crippen LogP contribution in [0.15, 0.2) is 47.1 Å². The van der Waals surface area contributed by atoms with E-state index in [9.17, 15) is 9.59 Å². The Balaban J connectivity index is 1.64. The fraction of sp³-hybridized carbons (Fsp3) is 0.481. The third-order valence-electron chi connectivity index (χ3n) is 6.75. The molecule has 0 bridgehead atoms. The fourth-order valence-electron chi connectivity index (χ4n) is 4.92. The van der Waals surface area contributed by atoms with Gasteiger partial charge in [0.05, 0.1) is 6.10 Å². The summed E-state index contributed by atoms with van der Waals surface area (Å²) in [6, 6.07) is 3.75. The Morgan fingerprint density at radius 2 is 1.91 bits per heavy atom. The van der Waals surface area contributed by atoms with Crippen LogP contribution < -0.4 is 15.8 Å². The molecule has 3 N–H and O–H groups in total. The largest absolute Gasteiger partial charge is 0.490 e. The molecule has 0 unspecified atom stereocenters. The van der Waals surface area contributed by atoms with E-state index < -0.39 is 0 Å². The van der Waals surface area contributed by atoms with Crippen molar-refractivity contribution in [1.82, 2.24) is 5.32 Å². The lowest BCUT2D eigenvalue weighted by Gasteiger charge is -2.28. The van der Waals surface area contributed by atoms with Crippen LogP contribution in [-0.2, 0) is 11.2 Å². The van der Waals surface area contributed by atoms with Crippen molar-refractivity contribution in [2.75, 3.05) is 6.54 Å². The number of nitrogens with two attached hydrogens (primary N) is 1. The molecule has 1 aliphatic heterocycles. The number of carbonyl (C=O) groups excluding carboxylic acids is 2. The van der Waals surface area contributed by atoms with Crippen molar-refractivity contribution in [1.29, 1.82) is 0 Å². The standard InChI is InChI=1S/C27H33ClN2O3/c1-17-12-18-6-4-2-3-5-7-22-23(27(32)30-16-24(18)25(31)13-17)14-19(28)15-26(22)33-21-10-8-20(29)9-11-21/h3,5,12,14-15,20-21H,2,4,6-11,13,16,29H2,1H3,(H,30,32)/b5-3+. The third kappa shape index (κ3) is 5.96. The topological polar surface area (TPSA) is 81.4 Å². The van der Waals surface area contributed by atoms with Gasteiger partial charge >= 0.3 is 0 Å². The second-order valence-corrected chi connectivity index (χ2v) is 9.87. The van der Waals surface area contributed by atoms with Crippen LogP contribution in [0, 0.1) is 0 Å². The number of nitrogens with one attached hydrogen (secondary N) is 1. The van der Waals surface area contributed by atoms with Gasteiger partial charge in [-0.2, -0.15) is 0 Å². The Bertz CT molecular complexity index is 1020. The number of allylic oxidation sites excluding steroid dienone is 5. The highest BCUT2D eigenvalue weighted by Gasteiger charge is 2.25. The zero-order chi connectivity index (χ0) is 23.4. The molecular formula is C27H33ClN2O3. The molecule has 1 amide bonds. The maximum Gasteiger partial charge on any atom is 0.252 e. The zero-order valence-electron chi connectivity index (χ0n) is 19.3. The second-order valence-electron chi connectivity index (χ2n) is 9.43. The molecule has 4 rings (SSSR count). The van der Waals surface area contributed by atoms with Gasteiger partial charge in [0.1, 0.15) is 5.75 Å². The first-order chi connectivity index (χ1) is 15.9. The first-order valence-corrected chi connectivity index (χ1v) is 12.4. The summed E-state index contributed by atoms with van der Waals surface area (Å²) in [5.41, 5.74) is 10.2. The van der Waals surface area contributed by atoms with Gasteiger partial charge in [0, 0.05) is 40.7 Å². The molecular weight excluding hydrogens is 436 g/mol. The summed E-state index contributed by atoms with van der Waals surface area (Å²) in [4.78, 5) is 26.0. The highest BCUT2D eigenvalue weighted by atomic mass is 35.5. The van der Waals surface area contributed by atoms with E-state index >= 15 is 0 Å². The molecule has 33 heavy (non-hydrogen) atoms. The molecule has 1 heterocycles. The summed E-state index contributed by atoms with van der Waals surface area (Å²) in [6.45, 7) is 2.22. The lowest BCUT2D eigenvalue weighted by atomic mass is 9.89. The number of amides is 1. The molecule has 1 saturated carbocycles. The van der Waals surface area contributed by atoms with Gasteiger partial charge in [-0.3, -0.25) is 9.59 Å². The van der Waals surface area contributed by atoms with Gasteiger partial charge in [-0.1, -0.05) is 35.4 Å². The fourth-order valence-corrected chi connectivity index (χ4v) is 5.13. The monoisotopic (exact) mass is 468 g/mol. The summed E-state index contributed by atoms with van der Waals surface area (Å²) in [5.74, 6) is 0.531. The Morgan fingerprint density at radius 3 is 2.70 bits per heavy atom. The van der Waals surface area contributed by atoms with E-state index in [0.717, 1.165) is 67.2 Å². The highest BCUT2D eigenvalue weighted by molar-refractivity contribution is 6.31. The molecule has 0 atom stereocenters. The Morgan fingerprint density at radius 1 is 1.12 bits per heavy atom. The quantitative estimate of drug-likeness (QED) is 0.583. The van der Waals surface area contributed by atoms with Gasteiger partial charge in [-0.05, 0) is 76.0 Å². The second kappa shape index (κ2) is 10.7. The van der Waals surface area contributed by atoms with Crippen molar-refractivity contribution in [3.8, 4) is 5.75 Å². The van der Waals surface area contributed by atoms with Crippen molar-refractivity contribution in [2.45, 2.75) is 76.9 Å². The van der Waals surface area contributed by atoms with E-state index in [1.54, 1.807) is 6.07 Å². The molecule has 1 aromatic rings. The summed E-state index contributed by atoms with van der Waals surface area (Å²) in [7, 11) is 0. The number of carbonyl (C=O) groups is 2. The minimum Gasteiger partial charge on any atom is -0.490 e. The number of rotatable bonds is 2. The number of ether oxygens (including phenoxy) is 1. The molecule has 2 aliphatic carbocycles. The molecule has 176 valence electrons. The van der Waals surface area contributed by atoms with Crippen LogP contribution in [0.4, 0.5) is 0 Å². The van der Waals surface area contributed by atoms with E-state index in [4.69, 9.17) is 22.1 Å². The SMILES string of the molecule is CC1=CC2=C(CNC(=O)c3cc(Cl)cc(OC4CCC(N)CC4)c3C/C=C/CCC2)C(=O)C1. The van der Waals surface area contributed by atoms with Gasteiger partial charge in [0.15, 0.2) is 5.78 Å². The van der Waals surface area contributed by atoms with Crippen LogP contribution in [0.5, 0.6) is 5.75 Å². The zero-order valence-corrected chi connectivity index (χ0v) is 20.0. The van der Waals surface area contributed by atoms with Crippen LogP contribution in [0.1, 0.15) is 74.2 Å². The normalized spacial score (nSPS) is 25.5. The van der Waals surface area contributed by atoms with E-state index in [1.165, 1.54) is 0 Å². The van der Waals surface area contributed by atoms with Crippen LogP contribution in [0.2, 0.25) is 5.02 Å². The summed E-state index contributed by atoms with van der Waals surface area (Å²) in [5, 5.41) is 3.45. The summed E-state index contributed by atoms with van der Waals surface area (Å²) in [6.07, 6.45) is 13.8. The predicted octanol–water partition coefficient (Wildman–Crippen LogP) is 5.22. The number of Topliss-reactive ketones (excluding diaryl/α,β-unsaturated/α-hetero) is 1. The molecule has 6 heteroatoms. The first kappa shape index (κ1) is 23.8. The lowest BCUT2D eigenvalue weighted by Crippen LogP contribution is -2.32. The molecule has 0 radical (unpaired) electrons. The van der Waals surface area contributed by atoms with Gasteiger partial charge < -0.3 is 15.8 Å². The van der Waals surface area contributed by atoms with Crippen molar-refractivity contribution in [3.05, 3.63) is 63.2 Å². The maximum absolute atomic E-state index is 13.3. The van der Waals surface area contributed by atoms with E-state index in [2.05, 4.69) is 23.5 Å². The van der Waals surface area contributed by atoms with E-state index in [0.29, 0.717) is 29.2 Å². The van der Waals surface area contributed by atoms with Crippen LogP contribution in [-0.4, -0.2) is 30.4 Å². The van der Waals surface area contributed by atoms with Gasteiger partial charge in [-0.15, -0.1) is 0 Å². The first-order valence-electron chi connectivity index (χ1n) is 12.0. The van der Waals surface area contributed by atoms with Crippen molar-refractivity contribution >= 4 is 23.3 Å². The highest BCUT2D eigenvalue weighted by Crippen LogP contribution is 2.32. The molecule has 5 nitrogen and oxygen atoms in total. The smallest absolute Gasteiger partial charge is 0.252 e. The molecule has 0 saturated heterocycles. The van der Waals surface area contributed by atoms with Crippen LogP contribution in [0.3, 0.4) is 0 Å². The van der Waals surface area contributed by atoms with Crippen molar-refractivity contribution < 1.29 is 14.3 Å². The lowest BCUT2D eigenvalue weighted by molar-refractivity contribution is -0.115. The average molecular weight is 469 g/mol.